The van der Waals surface area contributed by atoms with Crippen molar-refractivity contribution in [3.63, 3.8) is 0 Å². The van der Waals surface area contributed by atoms with Crippen LogP contribution in [0.1, 0.15) is 62.5 Å². The molecule has 35 heavy (non-hydrogen) atoms. The maximum absolute atomic E-state index is 13.5. The molecule has 6 nitrogen and oxygen atoms in total. The van der Waals surface area contributed by atoms with Crippen molar-refractivity contribution in [3.05, 3.63) is 59.4 Å². The summed E-state index contributed by atoms with van der Waals surface area (Å²) in [4.78, 5) is 28.4. The molecule has 3 N–H and O–H groups in total. The number of nitrogens with zero attached hydrogens (tertiary/aromatic N) is 1. The Balaban J connectivity index is 1.35. The summed E-state index contributed by atoms with van der Waals surface area (Å²) in [7, 11) is 0. The summed E-state index contributed by atoms with van der Waals surface area (Å²) in [5, 5.41) is 15.6. The van der Waals surface area contributed by atoms with Crippen LogP contribution >= 0.6 is 0 Å². The highest BCUT2D eigenvalue weighted by Crippen LogP contribution is 2.29. The summed E-state index contributed by atoms with van der Waals surface area (Å²) in [6.07, 6.45) is 7.21. The van der Waals surface area contributed by atoms with Crippen LogP contribution in [-0.2, 0) is 16.0 Å². The van der Waals surface area contributed by atoms with E-state index in [1.165, 1.54) is 25.3 Å². The fraction of sp³-hybridized carbons (Fsp3) is 0.500. The van der Waals surface area contributed by atoms with Crippen LogP contribution < -0.4 is 15.5 Å². The lowest BCUT2D eigenvalue weighted by Gasteiger charge is -2.28. The van der Waals surface area contributed by atoms with Gasteiger partial charge < -0.3 is 20.6 Å². The van der Waals surface area contributed by atoms with Crippen molar-refractivity contribution in [2.75, 3.05) is 24.5 Å². The molecular formula is C28H36FN3O3. The molecule has 1 fully saturated rings. The molecule has 0 spiro atoms. The van der Waals surface area contributed by atoms with Crippen LogP contribution in [0, 0.1) is 11.7 Å². The largest absolute Gasteiger partial charge is 0.508 e. The molecule has 2 atom stereocenters. The molecule has 1 aliphatic carbocycles. The predicted octanol–water partition coefficient (Wildman–Crippen LogP) is 4.27. The average Bonchev–Trinajstić information content (AvgIpc) is 3.26. The van der Waals surface area contributed by atoms with Crippen molar-refractivity contribution in [2.45, 2.75) is 63.8 Å². The van der Waals surface area contributed by atoms with E-state index in [0.29, 0.717) is 25.4 Å². The molecular weight excluding hydrogens is 445 g/mol. The van der Waals surface area contributed by atoms with Crippen LogP contribution in [0.5, 0.6) is 5.75 Å². The van der Waals surface area contributed by atoms with E-state index >= 15 is 0 Å². The van der Waals surface area contributed by atoms with E-state index in [4.69, 9.17) is 0 Å². The molecule has 7 heteroatoms. The molecule has 2 aromatic carbocycles. The van der Waals surface area contributed by atoms with Crippen molar-refractivity contribution < 1.29 is 19.1 Å². The van der Waals surface area contributed by atoms with Gasteiger partial charge in [0.15, 0.2) is 0 Å². The van der Waals surface area contributed by atoms with Crippen LogP contribution in [0.2, 0.25) is 0 Å². The minimum absolute atomic E-state index is 0.152. The second-order valence-electron chi connectivity index (χ2n) is 9.92. The van der Waals surface area contributed by atoms with E-state index in [9.17, 15) is 19.1 Å². The number of phenols is 1. The molecule has 0 saturated heterocycles. The van der Waals surface area contributed by atoms with Gasteiger partial charge >= 0.3 is 0 Å². The Morgan fingerprint density at radius 2 is 1.83 bits per heavy atom. The van der Waals surface area contributed by atoms with Gasteiger partial charge in [0.1, 0.15) is 17.6 Å². The van der Waals surface area contributed by atoms with Crippen LogP contribution in [0.3, 0.4) is 0 Å². The number of carbonyl (C=O) groups is 2. The molecule has 4 rings (SSSR count). The zero-order valence-electron chi connectivity index (χ0n) is 20.4. The number of nitrogens with one attached hydrogen (secondary N) is 2. The summed E-state index contributed by atoms with van der Waals surface area (Å²) in [5.74, 6) is -0.409. The Hall–Kier alpha value is -3.09. The fourth-order valence-electron chi connectivity index (χ4n) is 5.31. The number of benzene rings is 2. The first-order chi connectivity index (χ1) is 16.9. The highest BCUT2D eigenvalue weighted by atomic mass is 19.1. The smallest absolute Gasteiger partial charge is 0.242 e. The number of anilines is 1. The third-order valence-electron chi connectivity index (χ3n) is 7.43. The number of hydrogen-bond donors (Lipinski definition) is 3. The van der Waals surface area contributed by atoms with Crippen molar-refractivity contribution in [1.29, 1.82) is 0 Å². The highest BCUT2D eigenvalue weighted by Gasteiger charge is 2.28. The Morgan fingerprint density at radius 3 is 2.57 bits per heavy atom. The van der Waals surface area contributed by atoms with Gasteiger partial charge in [-0.25, -0.2) is 4.39 Å². The van der Waals surface area contributed by atoms with E-state index in [0.717, 1.165) is 42.6 Å². The lowest BCUT2D eigenvalue weighted by atomic mass is 9.84. The Kier molecular flexibility index (Phi) is 8.26. The number of halogens is 1. The van der Waals surface area contributed by atoms with Gasteiger partial charge in [-0.15, -0.1) is 0 Å². The second kappa shape index (κ2) is 11.6. The number of aromatic hydroxyl groups is 1. The summed E-state index contributed by atoms with van der Waals surface area (Å²) in [6, 6.07) is 10.9. The maximum Gasteiger partial charge on any atom is 0.242 e. The molecule has 2 aliphatic rings. The second-order valence-corrected chi connectivity index (χ2v) is 9.92. The van der Waals surface area contributed by atoms with Crippen molar-refractivity contribution in [3.8, 4) is 5.75 Å². The molecule has 2 amide bonds. The fourth-order valence-corrected chi connectivity index (χ4v) is 5.31. The highest BCUT2D eigenvalue weighted by molar-refractivity contribution is 5.90. The number of amides is 2. The molecule has 0 aromatic heterocycles. The van der Waals surface area contributed by atoms with Gasteiger partial charge in [0.05, 0.1) is 5.92 Å². The van der Waals surface area contributed by atoms with Gasteiger partial charge in [-0.1, -0.05) is 44.2 Å². The first kappa shape index (κ1) is 25.0. The van der Waals surface area contributed by atoms with Crippen molar-refractivity contribution in [2.24, 2.45) is 5.92 Å². The number of rotatable bonds is 9. The molecule has 2 aromatic rings. The third-order valence-corrected chi connectivity index (χ3v) is 7.43. The Morgan fingerprint density at radius 1 is 1.09 bits per heavy atom. The van der Waals surface area contributed by atoms with E-state index in [1.54, 1.807) is 36.4 Å². The predicted molar refractivity (Wildman–Crippen MR) is 135 cm³/mol. The molecule has 2 unspecified atom stereocenters. The number of fused-ring (bicyclic) bond motifs is 1. The normalized spacial score (nSPS) is 17.5. The number of hydrogen-bond acceptors (Lipinski definition) is 4. The van der Waals surface area contributed by atoms with Gasteiger partial charge in [-0.05, 0) is 67.1 Å². The Bertz CT molecular complexity index is 1020. The quantitative estimate of drug-likeness (QED) is 0.500. The van der Waals surface area contributed by atoms with Gasteiger partial charge in [-0.2, -0.15) is 0 Å². The zero-order chi connectivity index (χ0) is 24.8. The van der Waals surface area contributed by atoms with Gasteiger partial charge in [0.2, 0.25) is 11.8 Å². The standard InChI is InChI=1S/C28H36FN3O3/c1-19(21-7-10-24(33)11-8-21)27(34)31-25(17-20-5-3-2-4-6-20)28(35)30-14-16-32-15-13-22-18-23(29)9-12-26(22)32/h7-12,18-20,25,33H,2-6,13-17H2,1H3,(H,30,35)(H,31,34). The summed E-state index contributed by atoms with van der Waals surface area (Å²) in [6.45, 7) is 3.71. The van der Waals surface area contributed by atoms with Crippen LogP contribution in [0.25, 0.3) is 0 Å². The first-order valence-corrected chi connectivity index (χ1v) is 12.8. The van der Waals surface area contributed by atoms with E-state index in [2.05, 4.69) is 15.5 Å². The van der Waals surface area contributed by atoms with Crippen LogP contribution in [-0.4, -0.2) is 42.6 Å². The minimum Gasteiger partial charge on any atom is -0.508 e. The molecule has 1 saturated carbocycles. The molecule has 0 bridgehead atoms. The molecule has 1 heterocycles. The number of phenolic OH excluding ortho intramolecular Hbond substituents is 1. The molecule has 188 valence electrons. The lowest BCUT2D eigenvalue weighted by Crippen LogP contribution is -2.50. The topological polar surface area (TPSA) is 81.7 Å². The van der Waals surface area contributed by atoms with Gasteiger partial charge in [0.25, 0.3) is 0 Å². The van der Waals surface area contributed by atoms with E-state index in [1.807, 2.05) is 6.92 Å². The van der Waals surface area contributed by atoms with E-state index < -0.39 is 12.0 Å². The minimum atomic E-state index is -0.579. The number of carbonyl (C=O) groups excluding carboxylic acids is 2. The summed E-state index contributed by atoms with van der Waals surface area (Å²) in [5.41, 5.74) is 2.82. The molecule has 1 aliphatic heterocycles. The summed E-state index contributed by atoms with van der Waals surface area (Å²) < 4.78 is 13.5. The van der Waals surface area contributed by atoms with E-state index in [-0.39, 0.29) is 23.4 Å². The average molecular weight is 482 g/mol. The van der Waals surface area contributed by atoms with Crippen LogP contribution in [0.4, 0.5) is 10.1 Å². The van der Waals surface area contributed by atoms with Gasteiger partial charge in [0, 0.05) is 25.3 Å². The van der Waals surface area contributed by atoms with Crippen molar-refractivity contribution >= 4 is 17.5 Å². The third kappa shape index (κ3) is 6.53. The monoisotopic (exact) mass is 481 g/mol. The van der Waals surface area contributed by atoms with Crippen molar-refractivity contribution in [1.82, 2.24) is 10.6 Å². The Labute approximate surface area is 206 Å². The zero-order valence-corrected chi connectivity index (χ0v) is 20.4. The van der Waals surface area contributed by atoms with Gasteiger partial charge in [-0.3, -0.25) is 9.59 Å². The molecule has 0 radical (unpaired) electrons. The first-order valence-electron chi connectivity index (χ1n) is 12.8. The lowest BCUT2D eigenvalue weighted by molar-refractivity contribution is -0.130. The maximum atomic E-state index is 13.5. The summed E-state index contributed by atoms with van der Waals surface area (Å²) >= 11 is 0. The SMILES string of the molecule is CC(C(=O)NC(CC1CCCCC1)C(=O)NCCN1CCc2cc(F)ccc21)c1ccc(O)cc1. The van der Waals surface area contributed by atoms with Crippen LogP contribution in [0.15, 0.2) is 42.5 Å².